The van der Waals surface area contributed by atoms with Crippen LogP contribution in [0.25, 0.3) is 10.2 Å². The van der Waals surface area contributed by atoms with E-state index in [0.29, 0.717) is 6.04 Å². The number of nitrogens with one attached hydrogen (secondary N) is 1. The van der Waals surface area contributed by atoms with E-state index in [1.165, 1.54) is 0 Å². The molecule has 0 radical (unpaired) electrons. The second kappa shape index (κ2) is 6.68. The fraction of sp³-hybridized carbons (Fsp3) is 0.600. The van der Waals surface area contributed by atoms with Crippen molar-refractivity contribution in [2.75, 3.05) is 31.6 Å². The van der Waals surface area contributed by atoms with Crippen molar-refractivity contribution in [3.8, 4) is 0 Å². The lowest BCUT2D eigenvalue weighted by Crippen LogP contribution is -2.43. The molecule has 2 aromatic heterocycles. The summed E-state index contributed by atoms with van der Waals surface area (Å²) in [5, 5.41) is 6.64. The summed E-state index contributed by atoms with van der Waals surface area (Å²) in [6.07, 6.45) is 1.09. The van der Waals surface area contributed by atoms with E-state index in [2.05, 4.69) is 35.5 Å². The zero-order valence-electron chi connectivity index (χ0n) is 12.6. The van der Waals surface area contributed by atoms with Crippen LogP contribution >= 0.6 is 11.3 Å². The number of aromatic nitrogens is 2. The third-order valence-electron chi connectivity index (χ3n) is 3.76. The van der Waals surface area contributed by atoms with E-state index in [0.717, 1.165) is 61.1 Å². The Morgan fingerprint density at radius 1 is 1.48 bits per heavy atom. The summed E-state index contributed by atoms with van der Waals surface area (Å²) in [5.74, 6) is 1.87. The molecule has 0 bridgehead atoms. The Labute approximate surface area is 129 Å². The topological polar surface area (TPSA) is 50.3 Å². The first-order valence-electron chi connectivity index (χ1n) is 7.57. The number of anilines is 1. The van der Waals surface area contributed by atoms with Crippen LogP contribution in [0, 0.1) is 0 Å². The van der Waals surface area contributed by atoms with Gasteiger partial charge in [-0.15, -0.1) is 11.3 Å². The standard InChI is InChI=1S/C15H22N4OS/c1-3-5-16-14-12-4-8-21-15(12)18-13(17-14)9-19-6-7-20-10-11(19)2/h4,8,11H,3,5-7,9-10H2,1-2H3,(H,16,17,18). The number of hydrogen-bond donors (Lipinski definition) is 1. The van der Waals surface area contributed by atoms with Crippen LogP contribution in [0.3, 0.4) is 0 Å². The van der Waals surface area contributed by atoms with Gasteiger partial charge < -0.3 is 10.1 Å². The van der Waals surface area contributed by atoms with E-state index >= 15 is 0 Å². The van der Waals surface area contributed by atoms with Gasteiger partial charge in [-0.05, 0) is 24.8 Å². The molecule has 21 heavy (non-hydrogen) atoms. The molecule has 5 nitrogen and oxygen atoms in total. The van der Waals surface area contributed by atoms with Crippen LogP contribution in [0.1, 0.15) is 26.1 Å². The summed E-state index contributed by atoms with van der Waals surface area (Å²) in [6, 6.07) is 2.52. The van der Waals surface area contributed by atoms with Crippen LogP contribution in [-0.4, -0.2) is 47.2 Å². The maximum absolute atomic E-state index is 5.49. The molecule has 0 spiro atoms. The van der Waals surface area contributed by atoms with Crippen LogP contribution in [-0.2, 0) is 11.3 Å². The van der Waals surface area contributed by atoms with Gasteiger partial charge in [0.15, 0.2) is 0 Å². The molecule has 1 aliphatic rings. The minimum atomic E-state index is 0.424. The fourth-order valence-corrected chi connectivity index (χ4v) is 3.31. The summed E-state index contributed by atoms with van der Waals surface area (Å²) < 4.78 is 5.49. The Morgan fingerprint density at radius 3 is 3.19 bits per heavy atom. The number of thiophene rings is 1. The molecule has 1 N–H and O–H groups in total. The highest BCUT2D eigenvalue weighted by Gasteiger charge is 2.20. The fourth-order valence-electron chi connectivity index (χ4n) is 2.53. The molecule has 0 amide bonds. The van der Waals surface area contributed by atoms with Crippen molar-refractivity contribution in [2.24, 2.45) is 0 Å². The molecule has 1 unspecified atom stereocenters. The first-order chi connectivity index (χ1) is 10.3. The van der Waals surface area contributed by atoms with Crippen molar-refractivity contribution in [3.63, 3.8) is 0 Å². The first kappa shape index (κ1) is 14.7. The summed E-state index contributed by atoms with van der Waals surface area (Å²) in [5.41, 5.74) is 0. The second-order valence-electron chi connectivity index (χ2n) is 5.45. The van der Waals surface area contributed by atoms with Crippen LogP contribution < -0.4 is 5.32 Å². The highest BCUT2D eigenvalue weighted by atomic mass is 32.1. The van der Waals surface area contributed by atoms with Crippen LogP contribution in [0.15, 0.2) is 11.4 Å². The van der Waals surface area contributed by atoms with Gasteiger partial charge in [-0.3, -0.25) is 4.90 Å². The normalized spacial score (nSPS) is 20.0. The van der Waals surface area contributed by atoms with Crippen LogP contribution in [0.5, 0.6) is 0 Å². The number of morpholine rings is 1. The van der Waals surface area contributed by atoms with E-state index in [-0.39, 0.29) is 0 Å². The van der Waals surface area contributed by atoms with Gasteiger partial charge in [0.2, 0.25) is 0 Å². The lowest BCUT2D eigenvalue weighted by Gasteiger charge is -2.32. The summed E-state index contributed by atoms with van der Waals surface area (Å²) in [6.45, 7) is 8.63. The zero-order valence-corrected chi connectivity index (χ0v) is 13.4. The van der Waals surface area contributed by atoms with Crippen LogP contribution in [0.4, 0.5) is 5.82 Å². The molecule has 114 valence electrons. The summed E-state index contributed by atoms with van der Waals surface area (Å²) >= 11 is 1.68. The molecule has 3 rings (SSSR count). The second-order valence-corrected chi connectivity index (χ2v) is 6.34. The van der Waals surface area contributed by atoms with E-state index in [1.54, 1.807) is 11.3 Å². The van der Waals surface area contributed by atoms with Gasteiger partial charge in [0, 0.05) is 19.1 Å². The smallest absolute Gasteiger partial charge is 0.146 e. The minimum Gasteiger partial charge on any atom is -0.379 e. The van der Waals surface area contributed by atoms with Crippen molar-refractivity contribution >= 4 is 27.4 Å². The van der Waals surface area contributed by atoms with E-state index in [9.17, 15) is 0 Å². The minimum absolute atomic E-state index is 0.424. The van der Waals surface area contributed by atoms with Gasteiger partial charge in [0.05, 0.1) is 25.1 Å². The molecule has 0 saturated carbocycles. The zero-order chi connectivity index (χ0) is 14.7. The molecule has 1 aliphatic heterocycles. The maximum Gasteiger partial charge on any atom is 0.146 e. The van der Waals surface area contributed by atoms with E-state index in [4.69, 9.17) is 14.7 Å². The average Bonchev–Trinajstić information content (AvgIpc) is 2.95. The third-order valence-corrected chi connectivity index (χ3v) is 4.57. The van der Waals surface area contributed by atoms with Crippen molar-refractivity contribution in [2.45, 2.75) is 32.9 Å². The quantitative estimate of drug-likeness (QED) is 0.920. The summed E-state index contributed by atoms with van der Waals surface area (Å²) in [7, 11) is 0. The number of nitrogens with zero attached hydrogens (tertiary/aromatic N) is 3. The lowest BCUT2D eigenvalue weighted by atomic mass is 10.2. The first-order valence-corrected chi connectivity index (χ1v) is 8.45. The van der Waals surface area contributed by atoms with Gasteiger partial charge in [0.25, 0.3) is 0 Å². The van der Waals surface area contributed by atoms with Gasteiger partial charge >= 0.3 is 0 Å². The van der Waals surface area contributed by atoms with Crippen LogP contribution in [0.2, 0.25) is 0 Å². The molecular weight excluding hydrogens is 284 g/mol. The number of fused-ring (bicyclic) bond motifs is 1. The Kier molecular flexibility index (Phi) is 4.67. The van der Waals surface area contributed by atoms with Gasteiger partial charge in [-0.1, -0.05) is 6.92 Å². The van der Waals surface area contributed by atoms with Crippen molar-refractivity contribution < 1.29 is 4.74 Å². The Morgan fingerprint density at radius 2 is 2.38 bits per heavy atom. The van der Waals surface area contributed by atoms with Crippen molar-refractivity contribution in [1.29, 1.82) is 0 Å². The molecule has 1 fully saturated rings. The monoisotopic (exact) mass is 306 g/mol. The number of rotatable bonds is 5. The molecule has 1 atom stereocenters. The van der Waals surface area contributed by atoms with Crippen molar-refractivity contribution in [3.05, 3.63) is 17.3 Å². The molecular formula is C15H22N4OS. The molecule has 1 saturated heterocycles. The molecule has 0 aliphatic carbocycles. The third kappa shape index (κ3) is 3.33. The predicted molar refractivity (Wildman–Crippen MR) is 86.9 cm³/mol. The Hall–Kier alpha value is -1.24. The predicted octanol–water partition coefficient (Wildman–Crippen LogP) is 2.73. The number of hydrogen-bond acceptors (Lipinski definition) is 6. The largest absolute Gasteiger partial charge is 0.379 e. The average molecular weight is 306 g/mol. The van der Waals surface area contributed by atoms with Gasteiger partial charge in [-0.2, -0.15) is 0 Å². The molecule has 6 heteroatoms. The molecule has 3 heterocycles. The highest BCUT2D eigenvalue weighted by molar-refractivity contribution is 7.16. The van der Waals surface area contributed by atoms with E-state index in [1.807, 2.05) is 0 Å². The highest BCUT2D eigenvalue weighted by Crippen LogP contribution is 2.25. The molecule has 0 aromatic carbocycles. The SMILES string of the molecule is CCCNc1nc(CN2CCOCC2C)nc2sccc12. The summed E-state index contributed by atoms with van der Waals surface area (Å²) in [4.78, 5) is 12.9. The maximum atomic E-state index is 5.49. The lowest BCUT2D eigenvalue weighted by molar-refractivity contribution is -0.00543. The Balaban J connectivity index is 1.84. The Bertz CT molecular complexity index is 600. The molecule has 2 aromatic rings. The van der Waals surface area contributed by atoms with Gasteiger partial charge in [-0.25, -0.2) is 9.97 Å². The van der Waals surface area contributed by atoms with E-state index < -0.39 is 0 Å². The van der Waals surface area contributed by atoms with Crippen molar-refractivity contribution in [1.82, 2.24) is 14.9 Å². The van der Waals surface area contributed by atoms with Gasteiger partial charge in [0.1, 0.15) is 16.5 Å². The number of ether oxygens (including phenoxy) is 1.